The topological polar surface area (TPSA) is 18.5 Å². The van der Waals surface area contributed by atoms with Crippen LogP contribution in [-0.2, 0) is 9.47 Å². The molecule has 2 nitrogen and oxygen atoms in total. The van der Waals surface area contributed by atoms with Crippen LogP contribution >= 0.6 is 0 Å². The normalized spacial score (nSPS) is 19.5. The molecule has 108 valence electrons. The number of benzene rings is 1. The lowest BCUT2D eigenvalue weighted by molar-refractivity contribution is -0.00858. The monoisotopic (exact) mass is 264 g/mol. The van der Waals surface area contributed by atoms with Crippen LogP contribution in [0.5, 0.6) is 0 Å². The fourth-order valence-corrected chi connectivity index (χ4v) is 2.69. The van der Waals surface area contributed by atoms with E-state index in [0.29, 0.717) is 17.8 Å². The third kappa shape index (κ3) is 4.05. The Bertz CT molecular complexity index is 350. The van der Waals surface area contributed by atoms with E-state index < -0.39 is 0 Å². The molecule has 1 aromatic carbocycles. The highest BCUT2D eigenvalue weighted by Gasteiger charge is 2.30. The average molecular weight is 264 g/mol. The van der Waals surface area contributed by atoms with Gasteiger partial charge in [0.25, 0.3) is 0 Å². The first-order valence-corrected chi connectivity index (χ1v) is 7.13. The van der Waals surface area contributed by atoms with Gasteiger partial charge < -0.3 is 9.47 Å². The fourth-order valence-electron chi connectivity index (χ4n) is 2.69. The highest BCUT2D eigenvalue weighted by Crippen LogP contribution is 2.35. The summed E-state index contributed by atoms with van der Waals surface area (Å²) in [6.07, 6.45) is 0.411. The van der Waals surface area contributed by atoms with Crippen LogP contribution in [0.15, 0.2) is 30.3 Å². The number of rotatable bonds is 7. The van der Waals surface area contributed by atoms with E-state index in [1.165, 1.54) is 5.56 Å². The van der Waals surface area contributed by atoms with E-state index >= 15 is 0 Å². The van der Waals surface area contributed by atoms with Crippen molar-refractivity contribution in [1.82, 2.24) is 0 Å². The van der Waals surface area contributed by atoms with Gasteiger partial charge in [-0.05, 0) is 30.2 Å². The van der Waals surface area contributed by atoms with E-state index in [4.69, 9.17) is 9.47 Å². The van der Waals surface area contributed by atoms with Gasteiger partial charge in [-0.25, -0.2) is 0 Å². The molecule has 0 aliphatic carbocycles. The van der Waals surface area contributed by atoms with Crippen molar-refractivity contribution in [3.8, 4) is 0 Å². The molecule has 0 saturated heterocycles. The van der Waals surface area contributed by atoms with Gasteiger partial charge in [-0.2, -0.15) is 0 Å². The highest BCUT2D eigenvalue weighted by molar-refractivity contribution is 5.18. The van der Waals surface area contributed by atoms with Gasteiger partial charge in [0.05, 0.1) is 12.2 Å². The molecule has 0 aliphatic heterocycles. The van der Waals surface area contributed by atoms with E-state index in [-0.39, 0.29) is 12.2 Å². The molecule has 0 radical (unpaired) electrons. The summed E-state index contributed by atoms with van der Waals surface area (Å²) in [7, 11) is 3.58. The van der Waals surface area contributed by atoms with Gasteiger partial charge in [-0.15, -0.1) is 0 Å². The predicted molar refractivity (Wildman–Crippen MR) is 80.2 cm³/mol. The molecule has 1 rings (SSSR count). The van der Waals surface area contributed by atoms with Crippen LogP contribution in [0.2, 0.25) is 0 Å². The maximum atomic E-state index is 5.74. The van der Waals surface area contributed by atoms with Crippen molar-refractivity contribution in [3.63, 3.8) is 0 Å². The van der Waals surface area contributed by atoms with Gasteiger partial charge in [0.2, 0.25) is 0 Å². The molecule has 19 heavy (non-hydrogen) atoms. The number of hydrogen-bond acceptors (Lipinski definition) is 2. The zero-order valence-electron chi connectivity index (χ0n) is 13.1. The van der Waals surface area contributed by atoms with Crippen molar-refractivity contribution in [2.24, 2.45) is 17.8 Å². The molecule has 0 heterocycles. The number of hydrogen-bond donors (Lipinski definition) is 0. The van der Waals surface area contributed by atoms with Crippen molar-refractivity contribution < 1.29 is 9.47 Å². The Morgan fingerprint density at radius 1 is 0.737 bits per heavy atom. The molecule has 2 heteroatoms. The fraction of sp³-hybridized carbons (Fsp3) is 0.647. The average Bonchev–Trinajstić information content (AvgIpc) is 2.46. The second kappa shape index (κ2) is 7.66. The third-order valence-electron chi connectivity index (χ3n) is 4.63. The van der Waals surface area contributed by atoms with Crippen molar-refractivity contribution in [2.45, 2.75) is 39.9 Å². The summed E-state index contributed by atoms with van der Waals surface area (Å²) >= 11 is 0. The van der Waals surface area contributed by atoms with E-state index in [0.717, 1.165) is 0 Å². The Kier molecular flexibility index (Phi) is 6.53. The van der Waals surface area contributed by atoms with Gasteiger partial charge >= 0.3 is 0 Å². The Balaban J connectivity index is 2.81. The zero-order chi connectivity index (χ0) is 14.4. The van der Waals surface area contributed by atoms with Crippen molar-refractivity contribution in [1.29, 1.82) is 0 Å². The molecule has 0 bridgehead atoms. The molecule has 0 amide bonds. The summed E-state index contributed by atoms with van der Waals surface area (Å²) in [4.78, 5) is 0. The predicted octanol–water partition coefficient (Wildman–Crippen LogP) is 4.32. The lowest BCUT2D eigenvalue weighted by atomic mass is 9.78. The first-order valence-electron chi connectivity index (χ1n) is 7.13. The molecule has 1 unspecified atom stereocenters. The molecule has 0 spiro atoms. The Labute approximate surface area is 118 Å². The second-order valence-corrected chi connectivity index (χ2v) is 5.59. The smallest absolute Gasteiger partial charge is 0.0849 e. The van der Waals surface area contributed by atoms with Crippen LogP contribution in [0.1, 0.15) is 39.4 Å². The SMILES string of the molecule is COC(c1ccccc1)[C@H](C)[C@@H](C)[C@H](C)[C@@H](C)OC. The summed E-state index contributed by atoms with van der Waals surface area (Å²) < 4.78 is 11.2. The summed E-state index contributed by atoms with van der Waals surface area (Å²) in [6, 6.07) is 10.5. The summed E-state index contributed by atoms with van der Waals surface area (Å²) in [6.45, 7) is 8.95. The second-order valence-electron chi connectivity index (χ2n) is 5.59. The van der Waals surface area contributed by atoms with E-state index in [9.17, 15) is 0 Å². The molecular formula is C17H28O2. The van der Waals surface area contributed by atoms with Gasteiger partial charge in [0, 0.05) is 14.2 Å². The molecule has 1 aromatic rings. The molecule has 0 aliphatic rings. The van der Waals surface area contributed by atoms with Gasteiger partial charge in [-0.1, -0.05) is 51.1 Å². The molecule has 0 fully saturated rings. The van der Waals surface area contributed by atoms with E-state index in [1.807, 2.05) is 6.07 Å². The first kappa shape index (κ1) is 16.2. The van der Waals surface area contributed by atoms with Crippen molar-refractivity contribution in [3.05, 3.63) is 35.9 Å². The van der Waals surface area contributed by atoms with Crippen LogP contribution in [0.4, 0.5) is 0 Å². The minimum atomic E-state index is 0.141. The van der Waals surface area contributed by atoms with E-state index in [2.05, 4.69) is 52.0 Å². The van der Waals surface area contributed by atoms with Gasteiger partial charge in [-0.3, -0.25) is 0 Å². The standard InChI is InChI=1S/C17H28O2/c1-12(13(2)15(4)18-5)14(3)17(19-6)16-10-8-7-9-11-16/h7-15,17H,1-6H3/t12-,13-,14+,15+,17?/m0/s1. The largest absolute Gasteiger partial charge is 0.381 e. The maximum Gasteiger partial charge on any atom is 0.0849 e. The molecule has 0 aromatic heterocycles. The number of ether oxygens (including phenoxy) is 2. The lowest BCUT2D eigenvalue weighted by Crippen LogP contribution is -2.30. The third-order valence-corrected chi connectivity index (χ3v) is 4.63. The Morgan fingerprint density at radius 2 is 1.32 bits per heavy atom. The van der Waals surface area contributed by atoms with E-state index in [1.54, 1.807) is 14.2 Å². The minimum absolute atomic E-state index is 0.141. The maximum absolute atomic E-state index is 5.74. The quantitative estimate of drug-likeness (QED) is 0.730. The summed E-state index contributed by atoms with van der Waals surface area (Å²) in [5, 5.41) is 0. The minimum Gasteiger partial charge on any atom is -0.381 e. The van der Waals surface area contributed by atoms with Crippen LogP contribution in [0, 0.1) is 17.8 Å². The zero-order valence-corrected chi connectivity index (χ0v) is 13.1. The summed E-state index contributed by atoms with van der Waals surface area (Å²) in [5.74, 6) is 1.47. The van der Waals surface area contributed by atoms with Crippen LogP contribution in [0.25, 0.3) is 0 Å². The molecule has 0 saturated carbocycles. The van der Waals surface area contributed by atoms with Crippen LogP contribution in [0.3, 0.4) is 0 Å². The summed E-state index contributed by atoms with van der Waals surface area (Å²) in [5.41, 5.74) is 1.25. The van der Waals surface area contributed by atoms with Crippen LogP contribution < -0.4 is 0 Å². The highest BCUT2D eigenvalue weighted by atomic mass is 16.5. The van der Waals surface area contributed by atoms with Crippen molar-refractivity contribution >= 4 is 0 Å². The number of methoxy groups -OCH3 is 2. The Hall–Kier alpha value is -0.860. The van der Waals surface area contributed by atoms with Gasteiger partial charge in [0.15, 0.2) is 0 Å². The molecular weight excluding hydrogens is 236 g/mol. The molecule has 5 atom stereocenters. The molecule has 0 N–H and O–H groups in total. The van der Waals surface area contributed by atoms with Crippen molar-refractivity contribution in [2.75, 3.05) is 14.2 Å². The van der Waals surface area contributed by atoms with Gasteiger partial charge in [0.1, 0.15) is 0 Å². The Morgan fingerprint density at radius 3 is 1.79 bits per heavy atom. The first-order chi connectivity index (χ1) is 9.02. The lowest BCUT2D eigenvalue weighted by Gasteiger charge is -2.34. The van der Waals surface area contributed by atoms with Crippen LogP contribution in [-0.4, -0.2) is 20.3 Å².